The van der Waals surface area contributed by atoms with Crippen molar-refractivity contribution in [2.75, 3.05) is 6.61 Å². The Balaban J connectivity index is 1.27. The number of aliphatic hydroxyl groups excluding tert-OH is 1. The van der Waals surface area contributed by atoms with Gasteiger partial charge in [0.05, 0.1) is 24.9 Å². The first-order valence-electron chi connectivity index (χ1n) is 11.0. The molecule has 0 saturated carbocycles. The van der Waals surface area contributed by atoms with Crippen LogP contribution in [0.15, 0.2) is 91.1 Å². The first-order chi connectivity index (χ1) is 15.3. The Morgan fingerprint density at radius 3 is 2.32 bits per heavy atom. The van der Waals surface area contributed by atoms with Crippen LogP contribution in [0.1, 0.15) is 29.0 Å². The minimum Gasteiger partial charge on any atom is -0.391 e. The summed E-state index contributed by atoms with van der Waals surface area (Å²) in [5, 5.41) is 15.7. The molecule has 0 radical (unpaired) electrons. The predicted octanol–water partition coefficient (Wildman–Crippen LogP) is 4.61. The van der Waals surface area contributed by atoms with E-state index in [1.165, 1.54) is 22.1 Å². The fraction of sp³-hybridized carbons (Fsp3) is 0.259. The van der Waals surface area contributed by atoms with Crippen molar-refractivity contribution >= 4 is 10.9 Å². The molecule has 0 bridgehead atoms. The highest BCUT2D eigenvalue weighted by Gasteiger charge is 2.35. The molecule has 2 heterocycles. The number of aromatic amines is 1. The second-order valence-electron chi connectivity index (χ2n) is 8.36. The van der Waals surface area contributed by atoms with E-state index in [1.807, 2.05) is 18.3 Å². The number of fused-ring (bicyclic) bond motifs is 1. The number of benzene rings is 3. The fourth-order valence-corrected chi connectivity index (χ4v) is 4.63. The van der Waals surface area contributed by atoms with Gasteiger partial charge in [-0.1, -0.05) is 72.8 Å². The van der Waals surface area contributed by atoms with Crippen LogP contribution in [0, 0.1) is 0 Å². The molecule has 3 N–H and O–H groups in total. The number of hydrogen-bond acceptors (Lipinski definition) is 3. The van der Waals surface area contributed by atoms with Gasteiger partial charge >= 0.3 is 0 Å². The summed E-state index contributed by atoms with van der Waals surface area (Å²) in [5.74, 6) is 0.105. The Morgan fingerprint density at radius 1 is 0.935 bits per heavy atom. The van der Waals surface area contributed by atoms with Gasteiger partial charge in [-0.2, -0.15) is 0 Å². The second-order valence-corrected chi connectivity index (χ2v) is 8.36. The van der Waals surface area contributed by atoms with Crippen LogP contribution < -0.4 is 5.32 Å². The Bertz CT molecular complexity index is 1070. The molecule has 4 aromatic rings. The van der Waals surface area contributed by atoms with Crippen LogP contribution in [0.4, 0.5) is 0 Å². The molecule has 3 aromatic carbocycles. The van der Waals surface area contributed by atoms with E-state index >= 15 is 0 Å². The van der Waals surface area contributed by atoms with Crippen LogP contribution in [0.5, 0.6) is 0 Å². The van der Waals surface area contributed by atoms with Gasteiger partial charge in [0.25, 0.3) is 0 Å². The maximum absolute atomic E-state index is 11.0. The first kappa shape index (κ1) is 20.0. The molecule has 0 aliphatic carbocycles. The molecule has 1 aliphatic heterocycles. The van der Waals surface area contributed by atoms with Crippen LogP contribution in [0.3, 0.4) is 0 Å². The van der Waals surface area contributed by atoms with Crippen molar-refractivity contribution in [2.45, 2.75) is 37.1 Å². The van der Waals surface area contributed by atoms with E-state index in [4.69, 9.17) is 4.74 Å². The molecule has 0 spiro atoms. The highest BCUT2D eigenvalue weighted by Crippen LogP contribution is 2.34. The molecule has 4 heteroatoms. The maximum Gasteiger partial charge on any atom is 0.0740 e. The normalized spacial score (nSPS) is 21.5. The van der Waals surface area contributed by atoms with E-state index in [-0.39, 0.29) is 18.1 Å². The summed E-state index contributed by atoms with van der Waals surface area (Å²) >= 11 is 0. The Morgan fingerprint density at radius 2 is 1.65 bits per heavy atom. The number of H-pyrrole nitrogens is 1. The van der Waals surface area contributed by atoms with Crippen LogP contribution in [0.25, 0.3) is 10.9 Å². The van der Waals surface area contributed by atoms with E-state index in [2.05, 4.69) is 83.1 Å². The fourth-order valence-electron chi connectivity index (χ4n) is 4.63. The van der Waals surface area contributed by atoms with Gasteiger partial charge in [0.15, 0.2) is 0 Å². The van der Waals surface area contributed by atoms with Crippen molar-refractivity contribution in [3.05, 3.63) is 108 Å². The average Bonchev–Trinajstić information content (AvgIpc) is 3.28. The van der Waals surface area contributed by atoms with Gasteiger partial charge in [-0.3, -0.25) is 0 Å². The first-order valence-corrected chi connectivity index (χ1v) is 11.0. The zero-order chi connectivity index (χ0) is 21.0. The van der Waals surface area contributed by atoms with Crippen LogP contribution >= 0.6 is 0 Å². The molecule has 0 amide bonds. The van der Waals surface area contributed by atoms with Gasteiger partial charge in [0.1, 0.15) is 0 Å². The molecule has 1 saturated heterocycles. The molecule has 4 nitrogen and oxygen atoms in total. The van der Waals surface area contributed by atoms with Crippen LogP contribution in [-0.4, -0.2) is 34.9 Å². The number of aliphatic hydroxyl groups is 1. The van der Waals surface area contributed by atoms with E-state index in [9.17, 15) is 5.11 Å². The lowest BCUT2D eigenvalue weighted by molar-refractivity contribution is -0.0718. The van der Waals surface area contributed by atoms with Gasteiger partial charge in [-0.25, -0.2) is 0 Å². The van der Waals surface area contributed by atoms with E-state index in [0.717, 1.165) is 5.52 Å². The molecule has 1 fully saturated rings. The second kappa shape index (κ2) is 9.06. The number of nitrogens with one attached hydrogen (secondary N) is 2. The monoisotopic (exact) mass is 412 g/mol. The molecular weight excluding hydrogens is 384 g/mol. The summed E-state index contributed by atoms with van der Waals surface area (Å²) in [4.78, 5) is 3.25. The lowest BCUT2D eigenvalue weighted by Gasteiger charge is -2.38. The molecule has 158 valence electrons. The SMILES string of the molecule is OC1CC(C(c2ccccc2)c2ccccc2)OCC1NCc1ccc2cc[nH]c2c1. The summed E-state index contributed by atoms with van der Waals surface area (Å²) < 4.78 is 6.35. The zero-order valence-corrected chi connectivity index (χ0v) is 17.4. The maximum atomic E-state index is 11.0. The largest absolute Gasteiger partial charge is 0.391 e. The van der Waals surface area contributed by atoms with E-state index < -0.39 is 6.10 Å². The van der Waals surface area contributed by atoms with Crippen molar-refractivity contribution in [1.82, 2.24) is 10.3 Å². The quantitative estimate of drug-likeness (QED) is 0.434. The van der Waals surface area contributed by atoms with Gasteiger partial charge in [0, 0.05) is 30.6 Å². The van der Waals surface area contributed by atoms with Gasteiger partial charge in [-0.15, -0.1) is 0 Å². The van der Waals surface area contributed by atoms with E-state index in [1.54, 1.807) is 0 Å². The van der Waals surface area contributed by atoms with Crippen molar-refractivity contribution in [3.63, 3.8) is 0 Å². The molecule has 3 unspecified atom stereocenters. The number of hydrogen-bond donors (Lipinski definition) is 3. The third-order valence-corrected chi connectivity index (χ3v) is 6.31. The Labute approximate surface area is 182 Å². The molecule has 5 rings (SSSR count). The predicted molar refractivity (Wildman–Crippen MR) is 124 cm³/mol. The summed E-state index contributed by atoms with van der Waals surface area (Å²) in [6.07, 6.45) is 2.04. The van der Waals surface area contributed by atoms with Crippen LogP contribution in [-0.2, 0) is 11.3 Å². The van der Waals surface area contributed by atoms with E-state index in [0.29, 0.717) is 19.6 Å². The third-order valence-electron chi connectivity index (χ3n) is 6.31. The highest BCUT2D eigenvalue weighted by atomic mass is 16.5. The average molecular weight is 413 g/mol. The van der Waals surface area contributed by atoms with Crippen molar-refractivity contribution in [1.29, 1.82) is 0 Å². The summed E-state index contributed by atoms with van der Waals surface area (Å²) in [7, 11) is 0. The Hall–Kier alpha value is -2.92. The number of ether oxygens (including phenoxy) is 1. The molecule has 1 aromatic heterocycles. The van der Waals surface area contributed by atoms with Crippen molar-refractivity contribution in [2.24, 2.45) is 0 Å². The standard InChI is InChI=1S/C27H28N2O2/c30-25-16-26(27(21-7-3-1-4-8-21)22-9-5-2-6-10-22)31-18-24(25)29-17-19-11-12-20-13-14-28-23(20)15-19/h1-15,24-30H,16-18H2. The van der Waals surface area contributed by atoms with Gasteiger partial charge in [-0.05, 0) is 34.2 Å². The number of rotatable bonds is 6. The topological polar surface area (TPSA) is 57.3 Å². The highest BCUT2D eigenvalue weighted by molar-refractivity contribution is 5.79. The lowest BCUT2D eigenvalue weighted by atomic mass is 9.82. The smallest absolute Gasteiger partial charge is 0.0740 e. The third kappa shape index (κ3) is 4.42. The Kier molecular flexibility index (Phi) is 5.85. The molecular formula is C27H28N2O2. The summed E-state index contributed by atoms with van der Waals surface area (Å²) in [5.41, 5.74) is 4.76. The molecule has 3 atom stereocenters. The minimum atomic E-state index is -0.456. The zero-order valence-electron chi connectivity index (χ0n) is 17.4. The van der Waals surface area contributed by atoms with Crippen molar-refractivity contribution in [3.8, 4) is 0 Å². The molecule has 31 heavy (non-hydrogen) atoms. The van der Waals surface area contributed by atoms with Gasteiger partial charge < -0.3 is 20.1 Å². The van der Waals surface area contributed by atoms with Crippen LogP contribution in [0.2, 0.25) is 0 Å². The minimum absolute atomic E-state index is 0.0619. The molecule has 1 aliphatic rings. The lowest BCUT2D eigenvalue weighted by Crippen LogP contribution is -2.50. The number of aromatic nitrogens is 1. The summed E-state index contributed by atoms with van der Waals surface area (Å²) in [6.45, 7) is 1.19. The summed E-state index contributed by atoms with van der Waals surface area (Å²) in [6, 6.07) is 29.3. The van der Waals surface area contributed by atoms with Crippen molar-refractivity contribution < 1.29 is 9.84 Å². The van der Waals surface area contributed by atoms with Gasteiger partial charge in [0.2, 0.25) is 0 Å².